The summed E-state index contributed by atoms with van der Waals surface area (Å²) in [6, 6.07) is 10.4. The second kappa shape index (κ2) is 11.0. The SMILES string of the molecule is C=CCc1ccc(OCCCCn2c(CCCO)nc3cc(C)c(C)cc32)c(OC)c1. The quantitative estimate of drug-likeness (QED) is 0.323. The number of hydrogen-bond acceptors (Lipinski definition) is 4. The lowest BCUT2D eigenvalue weighted by atomic mass is 10.1. The van der Waals surface area contributed by atoms with Gasteiger partial charge in [-0.15, -0.1) is 6.58 Å². The average molecular weight is 423 g/mol. The first kappa shape index (κ1) is 22.9. The van der Waals surface area contributed by atoms with Crippen LogP contribution in [0.2, 0.25) is 0 Å². The first-order valence-electron chi connectivity index (χ1n) is 11.0. The van der Waals surface area contributed by atoms with E-state index in [-0.39, 0.29) is 6.61 Å². The van der Waals surface area contributed by atoms with Crippen molar-refractivity contribution in [3.05, 3.63) is 65.5 Å². The molecule has 0 aliphatic rings. The Morgan fingerprint density at radius 3 is 2.61 bits per heavy atom. The van der Waals surface area contributed by atoms with Gasteiger partial charge in [-0.25, -0.2) is 4.98 Å². The molecule has 3 aromatic rings. The largest absolute Gasteiger partial charge is 0.493 e. The number of rotatable bonds is 12. The van der Waals surface area contributed by atoms with E-state index in [2.05, 4.69) is 43.2 Å². The summed E-state index contributed by atoms with van der Waals surface area (Å²) in [4.78, 5) is 4.84. The van der Waals surface area contributed by atoms with Gasteiger partial charge in [0.15, 0.2) is 11.5 Å². The highest BCUT2D eigenvalue weighted by Gasteiger charge is 2.12. The van der Waals surface area contributed by atoms with Crippen LogP contribution in [0.5, 0.6) is 11.5 Å². The number of nitrogens with zero attached hydrogens (tertiary/aromatic N) is 2. The van der Waals surface area contributed by atoms with E-state index in [4.69, 9.17) is 14.5 Å². The van der Waals surface area contributed by atoms with Crippen molar-refractivity contribution in [1.82, 2.24) is 9.55 Å². The second-order valence-corrected chi connectivity index (χ2v) is 7.97. The van der Waals surface area contributed by atoms with Crippen LogP contribution in [0.1, 0.15) is 41.8 Å². The number of ether oxygens (including phenoxy) is 2. The van der Waals surface area contributed by atoms with Crippen molar-refractivity contribution in [2.24, 2.45) is 0 Å². The summed E-state index contributed by atoms with van der Waals surface area (Å²) in [5.74, 6) is 2.59. The number of fused-ring (bicyclic) bond motifs is 1. The molecular weight excluding hydrogens is 388 g/mol. The molecule has 0 saturated heterocycles. The van der Waals surface area contributed by atoms with Crippen LogP contribution in [0.3, 0.4) is 0 Å². The molecule has 0 amide bonds. The third-order valence-electron chi connectivity index (χ3n) is 5.64. The van der Waals surface area contributed by atoms with Crippen molar-refractivity contribution in [2.45, 2.75) is 52.5 Å². The molecule has 0 unspecified atom stereocenters. The number of allylic oxidation sites excluding steroid dienone is 1. The average Bonchev–Trinajstić information content (AvgIpc) is 3.09. The number of unbranched alkanes of at least 4 members (excludes halogenated alkanes) is 1. The highest BCUT2D eigenvalue weighted by Crippen LogP contribution is 2.28. The third-order valence-corrected chi connectivity index (χ3v) is 5.64. The Bertz CT molecular complexity index is 1020. The minimum Gasteiger partial charge on any atom is -0.493 e. The van der Waals surface area contributed by atoms with Crippen LogP contribution < -0.4 is 9.47 Å². The molecule has 0 aliphatic heterocycles. The minimum absolute atomic E-state index is 0.183. The van der Waals surface area contributed by atoms with Crippen LogP contribution in [0.4, 0.5) is 0 Å². The molecule has 0 atom stereocenters. The fraction of sp³-hybridized carbons (Fsp3) is 0.423. The van der Waals surface area contributed by atoms with E-state index in [0.717, 1.165) is 67.1 Å². The van der Waals surface area contributed by atoms with Crippen molar-refractivity contribution in [3.8, 4) is 11.5 Å². The van der Waals surface area contributed by atoms with E-state index in [1.807, 2.05) is 18.2 Å². The summed E-state index contributed by atoms with van der Waals surface area (Å²) in [6.45, 7) is 9.75. The first-order valence-corrected chi connectivity index (χ1v) is 11.0. The van der Waals surface area contributed by atoms with Gasteiger partial charge in [-0.1, -0.05) is 12.1 Å². The second-order valence-electron chi connectivity index (χ2n) is 7.97. The molecule has 0 fully saturated rings. The van der Waals surface area contributed by atoms with Crippen LogP contribution >= 0.6 is 0 Å². The third kappa shape index (κ3) is 5.67. The van der Waals surface area contributed by atoms with Gasteiger partial charge in [0, 0.05) is 19.6 Å². The van der Waals surface area contributed by atoms with Gasteiger partial charge in [-0.2, -0.15) is 0 Å². The van der Waals surface area contributed by atoms with E-state index in [0.29, 0.717) is 6.61 Å². The van der Waals surface area contributed by atoms with Gasteiger partial charge in [-0.3, -0.25) is 0 Å². The summed E-state index contributed by atoms with van der Waals surface area (Å²) >= 11 is 0. The Labute approximate surface area is 185 Å². The van der Waals surface area contributed by atoms with Gasteiger partial charge in [0.05, 0.1) is 24.8 Å². The van der Waals surface area contributed by atoms with Crippen molar-refractivity contribution < 1.29 is 14.6 Å². The van der Waals surface area contributed by atoms with E-state index in [9.17, 15) is 5.11 Å². The van der Waals surface area contributed by atoms with Gasteiger partial charge < -0.3 is 19.1 Å². The molecule has 0 aliphatic carbocycles. The molecule has 0 saturated carbocycles. The van der Waals surface area contributed by atoms with Crippen molar-refractivity contribution >= 4 is 11.0 Å². The fourth-order valence-corrected chi connectivity index (χ4v) is 3.79. The predicted molar refractivity (Wildman–Crippen MR) is 126 cm³/mol. The Hall–Kier alpha value is -2.79. The Kier molecular flexibility index (Phi) is 8.13. The molecule has 3 rings (SSSR count). The Morgan fingerprint density at radius 2 is 1.87 bits per heavy atom. The molecule has 0 spiro atoms. The van der Waals surface area contributed by atoms with Gasteiger partial charge >= 0.3 is 0 Å². The first-order chi connectivity index (χ1) is 15.1. The van der Waals surface area contributed by atoms with E-state index in [1.54, 1.807) is 7.11 Å². The lowest BCUT2D eigenvalue weighted by Gasteiger charge is -2.13. The number of aliphatic hydroxyl groups is 1. The van der Waals surface area contributed by atoms with Crippen LogP contribution in [0, 0.1) is 13.8 Å². The number of aryl methyl sites for hydroxylation is 4. The number of hydrogen-bond donors (Lipinski definition) is 1. The molecule has 1 N–H and O–H groups in total. The molecule has 2 aromatic carbocycles. The molecule has 5 nitrogen and oxygen atoms in total. The molecular formula is C26H34N2O3. The smallest absolute Gasteiger partial charge is 0.161 e. The van der Waals surface area contributed by atoms with Crippen LogP contribution in [0.25, 0.3) is 11.0 Å². The highest BCUT2D eigenvalue weighted by atomic mass is 16.5. The Balaban J connectivity index is 1.62. The van der Waals surface area contributed by atoms with Crippen molar-refractivity contribution in [3.63, 3.8) is 0 Å². The maximum Gasteiger partial charge on any atom is 0.161 e. The number of aliphatic hydroxyl groups excluding tert-OH is 1. The topological polar surface area (TPSA) is 56.5 Å². The monoisotopic (exact) mass is 422 g/mol. The standard InChI is InChI=1S/C26H34N2O3/c1-5-9-21-11-12-24(25(18-21)30-4)31-15-7-6-13-28-23-17-20(3)19(2)16-22(23)27-26(28)10-8-14-29/h5,11-12,16-18,29H,1,6-10,13-15H2,2-4H3. The molecule has 0 radical (unpaired) electrons. The van der Waals surface area contributed by atoms with Crippen molar-refractivity contribution in [2.75, 3.05) is 20.3 Å². The van der Waals surface area contributed by atoms with Crippen LogP contribution in [-0.4, -0.2) is 35.0 Å². The van der Waals surface area contributed by atoms with Crippen LogP contribution in [-0.2, 0) is 19.4 Å². The predicted octanol–water partition coefficient (Wildman–Crippen LogP) is 5.17. The van der Waals surface area contributed by atoms with Gasteiger partial charge in [0.2, 0.25) is 0 Å². The molecule has 5 heteroatoms. The minimum atomic E-state index is 0.183. The molecule has 0 bridgehead atoms. The highest BCUT2D eigenvalue weighted by molar-refractivity contribution is 5.78. The molecule has 1 aromatic heterocycles. The van der Waals surface area contributed by atoms with Gasteiger partial charge in [0.1, 0.15) is 5.82 Å². The zero-order chi connectivity index (χ0) is 22.2. The lowest BCUT2D eigenvalue weighted by Crippen LogP contribution is -2.07. The summed E-state index contributed by atoms with van der Waals surface area (Å²) in [5, 5.41) is 9.26. The fourth-order valence-electron chi connectivity index (χ4n) is 3.79. The number of imidazole rings is 1. The zero-order valence-electron chi connectivity index (χ0n) is 19.0. The summed E-state index contributed by atoms with van der Waals surface area (Å²) in [5.41, 5.74) is 5.91. The van der Waals surface area contributed by atoms with Gasteiger partial charge in [0.25, 0.3) is 0 Å². The van der Waals surface area contributed by atoms with E-state index < -0.39 is 0 Å². The van der Waals surface area contributed by atoms with Crippen molar-refractivity contribution in [1.29, 1.82) is 0 Å². The summed E-state index contributed by atoms with van der Waals surface area (Å²) in [6.07, 6.45) is 6.13. The van der Waals surface area contributed by atoms with E-state index >= 15 is 0 Å². The molecule has 31 heavy (non-hydrogen) atoms. The number of aromatic nitrogens is 2. The normalized spacial score (nSPS) is 11.1. The maximum atomic E-state index is 9.26. The van der Waals surface area contributed by atoms with E-state index in [1.165, 1.54) is 16.6 Å². The lowest BCUT2D eigenvalue weighted by molar-refractivity contribution is 0.282. The number of methoxy groups -OCH3 is 1. The molecule has 1 heterocycles. The summed E-state index contributed by atoms with van der Waals surface area (Å²) < 4.78 is 13.8. The Morgan fingerprint density at radius 1 is 1.06 bits per heavy atom. The van der Waals surface area contributed by atoms with Crippen LogP contribution in [0.15, 0.2) is 43.0 Å². The molecule has 166 valence electrons. The maximum absolute atomic E-state index is 9.26. The zero-order valence-corrected chi connectivity index (χ0v) is 19.0. The summed E-state index contributed by atoms with van der Waals surface area (Å²) in [7, 11) is 1.67. The number of benzene rings is 2. The van der Waals surface area contributed by atoms with Gasteiger partial charge in [-0.05, 0) is 80.5 Å².